The van der Waals surface area contributed by atoms with Gasteiger partial charge in [-0.05, 0) is 48.9 Å². The lowest BCUT2D eigenvalue weighted by molar-refractivity contribution is 0.308. The molecule has 0 heterocycles. The van der Waals surface area contributed by atoms with Crippen molar-refractivity contribution in [2.75, 3.05) is 0 Å². The van der Waals surface area contributed by atoms with Gasteiger partial charge in [0.2, 0.25) is 0 Å². The molecule has 0 nitrogen and oxygen atoms in total. The average Bonchev–Trinajstić information content (AvgIpc) is 2.58. The third kappa shape index (κ3) is 0.500. The molecule has 3 fully saturated rings. The minimum Gasteiger partial charge on any atom is -0.0651 e. The Morgan fingerprint density at radius 2 is 1.90 bits per heavy atom. The number of hydrogen-bond acceptors (Lipinski definition) is 0. The molecular formula is C10H16. The maximum Gasteiger partial charge on any atom is -0.0349 e. The molecule has 0 heteroatoms. The van der Waals surface area contributed by atoms with E-state index in [9.17, 15) is 0 Å². The largest absolute Gasteiger partial charge is 0.0651 e. The van der Waals surface area contributed by atoms with Gasteiger partial charge in [-0.1, -0.05) is 13.3 Å². The van der Waals surface area contributed by atoms with Gasteiger partial charge in [-0.25, -0.2) is 0 Å². The van der Waals surface area contributed by atoms with Gasteiger partial charge in [-0.15, -0.1) is 0 Å². The Labute approximate surface area is 63.0 Å². The molecule has 0 aromatic heterocycles. The van der Waals surface area contributed by atoms with Crippen LogP contribution in [-0.4, -0.2) is 0 Å². The minimum absolute atomic E-state index is 1.15. The van der Waals surface area contributed by atoms with Crippen LogP contribution in [0.3, 0.4) is 0 Å². The summed E-state index contributed by atoms with van der Waals surface area (Å²) in [6, 6.07) is 0. The average molecular weight is 136 g/mol. The van der Waals surface area contributed by atoms with Crippen LogP contribution in [0, 0.1) is 29.6 Å². The van der Waals surface area contributed by atoms with Gasteiger partial charge in [0.05, 0.1) is 0 Å². The van der Waals surface area contributed by atoms with Crippen molar-refractivity contribution in [2.45, 2.75) is 32.6 Å². The van der Waals surface area contributed by atoms with Gasteiger partial charge in [-0.2, -0.15) is 0 Å². The topological polar surface area (TPSA) is 0 Å². The Morgan fingerprint density at radius 1 is 1.00 bits per heavy atom. The monoisotopic (exact) mass is 136 g/mol. The third-order valence-corrected chi connectivity index (χ3v) is 4.36. The van der Waals surface area contributed by atoms with Gasteiger partial charge in [0.25, 0.3) is 0 Å². The van der Waals surface area contributed by atoms with E-state index in [1.54, 1.807) is 19.3 Å². The Morgan fingerprint density at radius 3 is 2.50 bits per heavy atom. The highest BCUT2D eigenvalue weighted by molar-refractivity contribution is 5.09. The van der Waals surface area contributed by atoms with Gasteiger partial charge in [0, 0.05) is 0 Å². The second-order valence-corrected chi connectivity index (χ2v) is 4.63. The molecule has 5 atom stereocenters. The van der Waals surface area contributed by atoms with Crippen LogP contribution in [0.4, 0.5) is 0 Å². The molecule has 0 aliphatic heterocycles. The second-order valence-electron chi connectivity index (χ2n) is 4.63. The van der Waals surface area contributed by atoms with Crippen molar-refractivity contribution >= 4 is 0 Å². The standard InChI is InChI=1S/C10H16/c1-2-6-3-7-4-8(6)10-5-9(7)10/h6-10H,2-5H2,1H3. The van der Waals surface area contributed by atoms with Gasteiger partial charge in [-0.3, -0.25) is 0 Å². The van der Waals surface area contributed by atoms with Crippen LogP contribution < -0.4 is 0 Å². The molecule has 0 amide bonds. The fourth-order valence-corrected chi connectivity index (χ4v) is 3.82. The highest BCUT2D eigenvalue weighted by Crippen LogP contribution is 2.67. The molecule has 5 unspecified atom stereocenters. The van der Waals surface area contributed by atoms with Crippen molar-refractivity contribution in [3.8, 4) is 0 Å². The first-order valence-electron chi connectivity index (χ1n) is 4.90. The smallest absolute Gasteiger partial charge is 0.0349 e. The SMILES string of the molecule is CCC1CC2CC1C1CC21. The molecule has 3 aliphatic carbocycles. The highest BCUT2D eigenvalue weighted by atomic mass is 14.6. The van der Waals surface area contributed by atoms with Crippen LogP contribution in [0.25, 0.3) is 0 Å². The van der Waals surface area contributed by atoms with Gasteiger partial charge < -0.3 is 0 Å². The second kappa shape index (κ2) is 1.60. The molecule has 56 valence electrons. The van der Waals surface area contributed by atoms with E-state index in [-0.39, 0.29) is 0 Å². The van der Waals surface area contributed by atoms with Crippen LogP contribution in [-0.2, 0) is 0 Å². The van der Waals surface area contributed by atoms with E-state index in [0.29, 0.717) is 0 Å². The molecule has 0 aromatic carbocycles. The van der Waals surface area contributed by atoms with Crippen LogP contribution >= 0.6 is 0 Å². The summed E-state index contributed by atoms with van der Waals surface area (Å²) in [6.07, 6.45) is 6.30. The lowest BCUT2D eigenvalue weighted by atomic mass is 9.87. The van der Waals surface area contributed by atoms with E-state index < -0.39 is 0 Å². The molecule has 0 spiro atoms. The number of fused-ring (bicyclic) bond motifs is 5. The quantitative estimate of drug-likeness (QED) is 0.520. The third-order valence-electron chi connectivity index (χ3n) is 4.36. The maximum absolute atomic E-state index is 2.38. The van der Waals surface area contributed by atoms with Gasteiger partial charge in [0.1, 0.15) is 0 Å². The molecule has 3 aliphatic rings. The van der Waals surface area contributed by atoms with Crippen LogP contribution in [0.1, 0.15) is 32.6 Å². The summed E-state index contributed by atoms with van der Waals surface area (Å²) >= 11 is 0. The molecule has 0 N–H and O–H groups in total. The van der Waals surface area contributed by atoms with Crippen LogP contribution in [0.2, 0.25) is 0 Å². The lowest BCUT2D eigenvalue weighted by Crippen LogP contribution is -2.11. The molecule has 3 rings (SSSR count). The summed E-state index contributed by atoms with van der Waals surface area (Å²) in [7, 11) is 0. The van der Waals surface area contributed by atoms with E-state index in [4.69, 9.17) is 0 Å². The van der Waals surface area contributed by atoms with Crippen molar-refractivity contribution in [3.63, 3.8) is 0 Å². The molecular weight excluding hydrogens is 120 g/mol. The van der Waals surface area contributed by atoms with Crippen LogP contribution in [0.5, 0.6) is 0 Å². The van der Waals surface area contributed by atoms with E-state index in [1.807, 2.05) is 0 Å². The fourth-order valence-electron chi connectivity index (χ4n) is 3.82. The van der Waals surface area contributed by atoms with E-state index in [2.05, 4.69) is 6.92 Å². The summed E-state index contributed by atoms with van der Waals surface area (Å²) in [5.74, 6) is 5.99. The highest BCUT2D eigenvalue weighted by Gasteiger charge is 2.60. The summed E-state index contributed by atoms with van der Waals surface area (Å²) in [4.78, 5) is 0. The predicted octanol–water partition coefficient (Wildman–Crippen LogP) is 2.69. The Balaban J connectivity index is 1.85. The summed E-state index contributed by atoms with van der Waals surface area (Å²) in [6.45, 7) is 2.38. The van der Waals surface area contributed by atoms with Crippen molar-refractivity contribution in [1.82, 2.24) is 0 Å². The molecule has 0 radical (unpaired) electrons. The Kier molecular flexibility index (Phi) is 0.898. The normalized spacial score (nSPS) is 62.7. The lowest BCUT2D eigenvalue weighted by Gasteiger charge is -2.18. The van der Waals surface area contributed by atoms with E-state index in [0.717, 1.165) is 5.92 Å². The molecule has 10 heavy (non-hydrogen) atoms. The Bertz CT molecular complexity index is 161. The van der Waals surface area contributed by atoms with Crippen LogP contribution in [0.15, 0.2) is 0 Å². The molecule has 0 saturated heterocycles. The van der Waals surface area contributed by atoms with E-state index in [1.165, 1.54) is 30.1 Å². The first-order chi connectivity index (χ1) is 4.90. The molecule has 2 bridgehead atoms. The molecule has 0 aromatic rings. The first-order valence-corrected chi connectivity index (χ1v) is 4.90. The predicted molar refractivity (Wildman–Crippen MR) is 41.6 cm³/mol. The van der Waals surface area contributed by atoms with Crippen molar-refractivity contribution in [2.24, 2.45) is 29.6 Å². The minimum atomic E-state index is 1.15. The summed E-state index contributed by atoms with van der Waals surface area (Å²) < 4.78 is 0. The van der Waals surface area contributed by atoms with Crippen molar-refractivity contribution in [1.29, 1.82) is 0 Å². The summed E-state index contributed by atoms with van der Waals surface area (Å²) in [5.41, 5.74) is 0. The van der Waals surface area contributed by atoms with Gasteiger partial charge >= 0.3 is 0 Å². The van der Waals surface area contributed by atoms with E-state index >= 15 is 0 Å². The molecule has 3 saturated carbocycles. The Hall–Kier alpha value is 0. The number of hydrogen-bond donors (Lipinski definition) is 0. The maximum atomic E-state index is 2.38. The summed E-state index contributed by atoms with van der Waals surface area (Å²) in [5, 5.41) is 0. The zero-order valence-corrected chi connectivity index (χ0v) is 6.72. The van der Waals surface area contributed by atoms with Crippen molar-refractivity contribution < 1.29 is 0 Å². The zero-order chi connectivity index (χ0) is 6.72. The fraction of sp³-hybridized carbons (Fsp3) is 1.00. The van der Waals surface area contributed by atoms with Crippen molar-refractivity contribution in [3.05, 3.63) is 0 Å². The first kappa shape index (κ1) is 5.62. The number of rotatable bonds is 1. The van der Waals surface area contributed by atoms with Gasteiger partial charge in [0.15, 0.2) is 0 Å². The zero-order valence-electron chi connectivity index (χ0n) is 6.72.